The van der Waals surface area contributed by atoms with Gasteiger partial charge in [0.1, 0.15) is 23.7 Å². The highest BCUT2D eigenvalue weighted by Crippen LogP contribution is 2.46. The molecule has 0 radical (unpaired) electrons. The molecule has 39 heavy (non-hydrogen) atoms. The minimum absolute atomic E-state index is 0.279. The lowest BCUT2D eigenvalue weighted by Crippen LogP contribution is -2.59. The first-order chi connectivity index (χ1) is 19.0. The van der Waals surface area contributed by atoms with Crippen molar-refractivity contribution in [1.82, 2.24) is 15.0 Å². The summed E-state index contributed by atoms with van der Waals surface area (Å²) in [5, 5.41) is 19.0. The molecule has 2 aromatic carbocycles. The van der Waals surface area contributed by atoms with Gasteiger partial charge in [-0.2, -0.15) is 0 Å². The first kappa shape index (κ1) is 26.6. The van der Waals surface area contributed by atoms with E-state index in [1.165, 1.54) is 18.0 Å². The molecule has 6 rings (SSSR count). The maximum Gasteiger partial charge on any atom is 0.331 e. The number of ether oxygens (including phenoxy) is 4. The predicted molar refractivity (Wildman–Crippen MR) is 144 cm³/mol. The number of fused-ring (bicyclic) bond motifs is 1. The summed E-state index contributed by atoms with van der Waals surface area (Å²) in [4.78, 5) is 12.1. The Morgan fingerprint density at radius 2 is 1.95 bits per heavy atom. The standard InChI is InChI=1S/C27H25Cl2N3O6S/c28-18-9-8-17(12-19(18)29)39-27-25(35-11-10-22(33)34)23(32-13-20(30-31-32)15-6-7-15)24-21(37-27)14-36-26(38-24)16-4-2-1-3-5-16/h1-5,8-13,15,21,23-27H,6-7,14H2,(H,33,34)/b11-10+/t21-,23+,24+,25-,26?,27-/m1/s1. The van der Waals surface area contributed by atoms with Crippen LogP contribution in [0.1, 0.15) is 42.3 Å². The van der Waals surface area contributed by atoms with Gasteiger partial charge < -0.3 is 24.1 Å². The molecule has 9 nitrogen and oxygen atoms in total. The zero-order valence-corrected chi connectivity index (χ0v) is 22.8. The predicted octanol–water partition coefficient (Wildman–Crippen LogP) is 5.62. The van der Waals surface area contributed by atoms with Crippen molar-refractivity contribution in [2.45, 2.75) is 59.7 Å². The molecule has 1 aliphatic carbocycles. The largest absolute Gasteiger partial charge is 0.492 e. The van der Waals surface area contributed by atoms with Gasteiger partial charge in [-0.3, -0.25) is 0 Å². The molecule has 3 fully saturated rings. The molecule has 1 N–H and O–H groups in total. The van der Waals surface area contributed by atoms with Crippen LogP contribution in [0, 0.1) is 0 Å². The average molecular weight is 590 g/mol. The van der Waals surface area contributed by atoms with E-state index in [0.717, 1.165) is 35.1 Å². The SMILES string of the molecule is O=C(O)/C=C/O[C@@H]1[C@@H](n2cc(C3CC3)nn2)[C@H]2OC(c3ccccc3)OC[C@H]2O[C@@H]1Sc1ccc(Cl)c(Cl)c1. The van der Waals surface area contributed by atoms with E-state index in [1.54, 1.807) is 16.8 Å². The molecule has 204 valence electrons. The minimum atomic E-state index is -1.13. The van der Waals surface area contributed by atoms with E-state index in [-0.39, 0.29) is 6.61 Å². The Kier molecular flexibility index (Phi) is 7.84. The van der Waals surface area contributed by atoms with Gasteiger partial charge in [0.25, 0.3) is 0 Å². The van der Waals surface area contributed by atoms with Gasteiger partial charge in [0.05, 0.1) is 34.7 Å². The Labute approximate surface area is 239 Å². The van der Waals surface area contributed by atoms with Gasteiger partial charge >= 0.3 is 5.97 Å². The maximum atomic E-state index is 11.2. The van der Waals surface area contributed by atoms with Crippen LogP contribution in [0.2, 0.25) is 10.0 Å². The molecule has 0 amide bonds. The molecule has 6 atom stereocenters. The molecule has 1 saturated carbocycles. The van der Waals surface area contributed by atoms with Crippen LogP contribution in [0.15, 0.2) is 72.0 Å². The summed E-state index contributed by atoms with van der Waals surface area (Å²) in [5.74, 6) is -0.729. The van der Waals surface area contributed by atoms with Crippen LogP contribution in [0.5, 0.6) is 0 Å². The third kappa shape index (κ3) is 5.96. The van der Waals surface area contributed by atoms with E-state index in [4.69, 9.17) is 42.1 Å². The number of carboxylic acid groups (broad SMARTS) is 1. The van der Waals surface area contributed by atoms with E-state index >= 15 is 0 Å². The van der Waals surface area contributed by atoms with E-state index < -0.39 is 42.0 Å². The number of thioether (sulfide) groups is 1. The quantitative estimate of drug-likeness (QED) is 0.265. The molecular weight excluding hydrogens is 565 g/mol. The summed E-state index contributed by atoms with van der Waals surface area (Å²) >= 11 is 13.8. The van der Waals surface area contributed by atoms with Crippen LogP contribution in [0.25, 0.3) is 0 Å². The number of nitrogens with zero attached hydrogens (tertiary/aromatic N) is 3. The number of rotatable bonds is 8. The molecule has 2 saturated heterocycles. The Morgan fingerprint density at radius 1 is 1.13 bits per heavy atom. The molecule has 1 unspecified atom stereocenters. The lowest BCUT2D eigenvalue weighted by molar-refractivity contribution is -0.307. The Hall–Kier alpha value is -2.60. The monoisotopic (exact) mass is 589 g/mol. The second-order valence-corrected chi connectivity index (χ2v) is 11.5. The van der Waals surface area contributed by atoms with E-state index in [0.29, 0.717) is 16.0 Å². The van der Waals surface area contributed by atoms with Crippen LogP contribution < -0.4 is 0 Å². The van der Waals surface area contributed by atoms with Crippen LogP contribution in [-0.4, -0.2) is 56.4 Å². The highest BCUT2D eigenvalue weighted by Gasteiger charge is 2.53. The third-order valence-electron chi connectivity index (χ3n) is 6.80. The lowest BCUT2D eigenvalue weighted by Gasteiger charge is -2.48. The number of aliphatic carboxylic acids is 1. The maximum absolute atomic E-state index is 11.2. The second kappa shape index (κ2) is 11.5. The molecule has 0 spiro atoms. The number of carboxylic acids is 1. The smallest absolute Gasteiger partial charge is 0.331 e. The second-order valence-electron chi connectivity index (χ2n) is 9.54. The summed E-state index contributed by atoms with van der Waals surface area (Å²) in [7, 11) is 0. The van der Waals surface area contributed by atoms with Crippen LogP contribution in [0.4, 0.5) is 0 Å². The minimum Gasteiger partial charge on any atom is -0.492 e. The number of benzene rings is 2. The molecule has 3 aliphatic rings. The summed E-state index contributed by atoms with van der Waals surface area (Å²) in [6.07, 6.45) is 3.91. The summed E-state index contributed by atoms with van der Waals surface area (Å²) < 4.78 is 27.0. The van der Waals surface area contributed by atoms with Crippen molar-refractivity contribution in [3.63, 3.8) is 0 Å². The summed E-state index contributed by atoms with van der Waals surface area (Å²) in [6.45, 7) is 0.279. The molecule has 2 aliphatic heterocycles. The molecular formula is C27H25Cl2N3O6S. The van der Waals surface area contributed by atoms with Gasteiger partial charge in [0, 0.05) is 22.6 Å². The summed E-state index contributed by atoms with van der Waals surface area (Å²) in [5.41, 5.74) is 1.20. The molecule has 3 heterocycles. The van der Waals surface area contributed by atoms with Gasteiger partial charge in [-0.15, -0.1) is 5.10 Å². The number of halogens is 2. The van der Waals surface area contributed by atoms with Crippen molar-refractivity contribution in [3.05, 3.63) is 88.4 Å². The fourth-order valence-corrected chi connectivity index (χ4v) is 6.28. The van der Waals surface area contributed by atoms with E-state index in [1.807, 2.05) is 42.6 Å². The number of aromatic nitrogens is 3. The van der Waals surface area contributed by atoms with Gasteiger partial charge in [-0.1, -0.05) is 70.5 Å². The Bertz CT molecular complexity index is 1350. The number of hydrogen-bond donors (Lipinski definition) is 1. The zero-order chi connectivity index (χ0) is 26.9. The zero-order valence-electron chi connectivity index (χ0n) is 20.5. The fraction of sp³-hybridized carbons (Fsp3) is 0.370. The number of hydrogen-bond acceptors (Lipinski definition) is 8. The molecule has 1 aromatic heterocycles. The fourth-order valence-electron chi connectivity index (χ4n) is 4.76. The van der Waals surface area contributed by atoms with Crippen molar-refractivity contribution in [2.24, 2.45) is 0 Å². The average Bonchev–Trinajstić information content (AvgIpc) is 3.68. The van der Waals surface area contributed by atoms with Crippen molar-refractivity contribution >= 4 is 40.9 Å². The van der Waals surface area contributed by atoms with Crippen LogP contribution in [0.3, 0.4) is 0 Å². The normalized spacial score (nSPS) is 28.8. The van der Waals surface area contributed by atoms with Crippen molar-refractivity contribution in [1.29, 1.82) is 0 Å². The van der Waals surface area contributed by atoms with Gasteiger partial charge in [0.15, 0.2) is 12.4 Å². The van der Waals surface area contributed by atoms with Crippen LogP contribution >= 0.6 is 35.0 Å². The number of carbonyl (C=O) groups is 1. The third-order valence-corrected chi connectivity index (χ3v) is 8.68. The lowest BCUT2D eigenvalue weighted by atomic mass is 9.95. The Morgan fingerprint density at radius 3 is 2.69 bits per heavy atom. The first-order valence-electron chi connectivity index (χ1n) is 12.5. The van der Waals surface area contributed by atoms with E-state index in [2.05, 4.69) is 10.3 Å². The highest BCUT2D eigenvalue weighted by atomic mass is 35.5. The van der Waals surface area contributed by atoms with E-state index in [9.17, 15) is 9.90 Å². The van der Waals surface area contributed by atoms with Crippen molar-refractivity contribution in [2.75, 3.05) is 6.61 Å². The molecule has 12 heteroatoms. The first-order valence-corrected chi connectivity index (χ1v) is 14.2. The molecule has 3 aromatic rings. The topological polar surface area (TPSA) is 105 Å². The van der Waals surface area contributed by atoms with Crippen molar-refractivity contribution in [3.8, 4) is 0 Å². The van der Waals surface area contributed by atoms with Crippen LogP contribution in [-0.2, 0) is 23.7 Å². The van der Waals surface area contributed by atoms with Gasteiger partial charge in [-0.25, -0.2) is 9.48 Å². The Balaban J connectivity index is 1.37. The van der Waals surface area contributed by atoms with Crippen molar-refractivity contribution < 1.29 is 28.8 Å². The molecule has 0 bridgehead atoms. The summed E-state index contributed by atoms with van der Waals surface area (Å²) in [6, 6.07) is 14.5. The highest BCUT2D eigenvalue weighted by molar-refractivity contribution is 7.99. The van der Waals surface area contributed by atoms with Gasteiger partial charge in [0.2, 0.25) is 0 Å². The van der Waals surface area contributed by atoms with Gasteiger partial charge in [-0.05, 0) is 31.0 Å².